The van der Waals surface area contributed by atoms with Gasteiger partial charge < -0.3 is 14.9 Å². The van der Waals surface area contributed by atoms with E-state index in [0.717, 1.165) is 0 Å². The van der Waals surface area contributed by atoms with Gasteiger partial charge in [-0.25, -0.2) is 0 Å². The number of ether oxygens (including phenoxy) is 1. The number of hydrogen-bond donors (Lipinski definition) is 2. The van der Waals surface area contributed by atoms with Crippen LogP contribution in [0, 0.1) is 0 Å². The molecule has 15 heavy (non-hydrogen) atoms. The molecule has 0 aliphatic carbocycles. The Hall–Kier alpha value is -1.71. The monoisotopic (exact) mass is 210 g/mol. The van der Waals surface area contributed by atoms with Crippen molar-refractivity contribution >= 4 is 5.97 Å². The maximum absolute atomic E-state index is 11.0. The number of carboxylic acids is 1. The van der Waals surface area contributed by atoms with E-state index in [2.05, 4.69) is 0 Å². The van der Waals surface area contributed by atoms with Gasteiger partial charge in [0.05, 0.1) is 12.5 Å². The number of carboxylic acid groups (broad SMARTS) is 1. The molecule has 0 saturated heterocycles. The predicted molar refractivity (Wildman–Crippen MR) is 55.3 cm³/mol. The number of hydrogen-bond acceptors (Lipinski definition) is 3. The first-order valence-electron chi connectivity index (χ1n) is 4.51. The third kappa shape index (κ3) is 1.88. The normalized spacial score (nSPS) is 11.1. The molecule has 82 valence electrons. The van der Waals surface area contributed by atoms with Crippen LogP contribution in [0.1, 0.15) is 19.4 Å². The highest BCUT2D eigenvalue weighted by atomic mass is 16.5. The van der Waals surface area contributed by atoms with Crippen molar-refractivity contribution < 1.29 is 19.7 Å². The van der Waals surface area contributed by atoms with Crippen molar-refractivity contribution in [2.24, 2.45) is 0 Å². The van der Waals surface area contributed by atoms with Crippen molar-refractivity contribution in [3.8, 4) is 11.5 Å². The van der Waals surface area contributed by atoms with Gasteiger partial charge in [-0.15, -0.1) is 0 Å². The smallest absolute Gasteiger partial charge is 0.313 e. The van der Waals surface area contributed by atoms with Gasteiger partial charge in [-0.1, -0.05) is 12.1 Å². The molecular formula is C11H14O4. The zero-order valence-electron chi connectivity index (χ0n) is 8.94. The molecule has 1 aromatic carbocycles. The minimum atomic E-state index is -1.14. The lowest BCUT2D eigenvalue weighted by Gasteiger charge is -2.21. The standard InChI is InChI=1S/C11H14O4/c1-11(2,10(13)14)7-5-4-6-8(15-3)9(7)12/h4-6,12H,1-3H3,(H,13,14). The molecule has 0 atom stereocenters. The first-order valence-corrected chi connectivity index (χ1v) is 4.51. The summed E-state index contributed by atoms with van der Waals surface area (Å²) in [7, 11) is 1.42. The van der Waals surface area contributed by atoms with Crippen LogP contribution in [0.3, 0.4) is 0 Å². The van der Waals surface area contributed by atoms with Crippen LogP contribution < -0.4 is 4.74 Å². The van der Waals surface area contributed by atoms with E-state index in [9.17, 15) is 9.90 Å². The fourth-order valence-corrected chi connectivity index (χ4v) is 1.31. The third-order valence-electron chi connectivity index (χ3n) is 2.43. The average molecular weight is 210 g/mol. The van der Waals surface area contributed by atoms with Crippen LogP contribution in [0.15, 0.2) is 18.2 Å². The molecule has 0 fully saturated rings. The Morgan fingerprint density at radius 1 is 1.40 bits per heavy atom. The molecule has 0 radical (unpaired) electrons. The van der Waals surface area contributed by atoms with Gasteiger partial charge in [0.25, 0.3) is 0 Å². The number of aromatic hydroxyl groups is 1. The number of phenols is 1. The maximum Gasteiger partial charge on any atom is 0.313 e. The Labute approximate surface area is 88.1 Å². The van der Waals surface area contributed by atoms with Crippen LogP contribution in [0.4, 0.5) is 0 Å². The molecule has 0 unspecified atom stereocenters. The predicted octanol–water partition coefficient (Wildman–Crippen LogP) is 1.76. The van der Waals surface area contributed by atoms with Crippen LogP contribution in [0.5, 0.6) is 11.5 Å². The number of para-hydroxylation sites is 1. The van der Waals surface area contributed by atoms with Gasteiger partial charge >= 0.3 is 5.97 Å². The summed E-state index contributed by atoms with van der Waals surface area (Å²) in [6.07, 6.45) is 0. The second-order valence-electron chi connectivity index (χ2n) is 3.79. The van der Waals surface area contributed by atoms with Crippen LogP contribution >= 0.6 is 0 Å². The number of phenolic OH excluding ortho intramolecular Hbond substituents is 1. The number of carbonyl (C=O) groups is 1. The highest BCUT2D eigenvalue weighted by Crippen LogP contribution is 2.37. The van der Waals surface area contributed by atoms with Crippen LogP contribution in [-0.4, -0.2) is 23.3 Å². The summed E-state index contributed by atoms with van der Waals surface area (Å²) in [5.41, 5.74) is -0.798. The molecule has 1 rings (SSSR count). The van der Waals surface area contributed by atoms with E-state index in [0.29, 0.717) is 5.56 Å². The average Bonchev–Trinajstić information content (AvgIpc) is 2.17. The Morgan fingerprint density at radius 2 is 2.00 bits per heavy atom. The first-order chi connectivity index (χ1) is 6.91. The summed E-state index contributed by atoms with van der Waals surface area (Å²) >= 11 is 0. The molecule has 0 aliphatic rings. The van der Waals surface area contributed by atoms with Crippen LogP contribution in [0.2, 0.25) is 0 Å². The molecular weight excluding hydrogens is 196 g/mol. The molecule has 0 spiro atoms. The van der Waals surface area contributed by atoms with Gasteiger partial charge in [-0.2, -0.15) is 0 Å². The van der Waals surface area contributed by atoms with Crippen molar-refractivity contribution in [3.63, 3.8) is 0 Å². The molecule has 0 amide bonds. The molecule has 0 bridgehead atoms. The molecule has 4 nitrogen and oxygen atoms in total. The summed E-state index contributed by atoms with van der Waals surface area (Å²) in [5.74, 6) is -0.833. The van der Waals surface area contributed by atoms with E-state index in [1.54, 1.807) is 18.2 Å². The van der Waals surface area contributed by atoms with E-state index < -0.39 is 11.4 Å². The van der Waals surface area contributed by atoms with Gasteiger partial charge in [0.2, 0.25) is 0 Å². The summed E-state index contributed by atoms with van der Waals surface area (Å²) in [5, 5.41) is 18.8. The van der Waals surface area contributed by atoms with Crippen molar-refractivity contribution in [3.05, 3.63) is 23.8 Å². The first kappa shape index (κ1) is 11.4. The number of methoxy groups -OCH3 is 1. The molecule has 0 aromatic heterocycles. The minimum Gasteiger partial charge on any atom is -0.504 e. The topological polar surface area (TPSA) is 66.8 Å². The van der Waals surface area contributed by atoms with Crippen molar-refractivity contribution in [1.29, 1.82) is 0 Å². The zero-order valence-corrected chi connectivity index (χ0v) is 8.94. The molecule has 2 N–H and O–H groups in total. The lowest BCUT2D eigenvalue weighted by Crippen LogP contribution is -2.28. The van der Waals surface area contributed by atoms with Gasteiger partial charge in [-0.3, -0.25) is 4.79 Å². The molecule has 1 aromatic rings. The highest BCUT2D eigenvalue weighted by molar-refractivity contribution is 5.81. The van der Waals surface area contributed by atoms with Gasteiger partial charge in [0.1, 0.15) is 0 Å². The Morgan fingerprint density at radius 3 is 2.47 bits per heavy atom. The zero-order chi connectivity index (χ0) is 11.6. The van der Waals surface area contributed by atoms with Gasteiger partial charge in [0, 0.05) is 5.56 Å². The second kappa shape index (κ2) is 3.81. The molecule has 0 saturated carbocycles. The summed E-state index contributed by atoms with van der Waals surface area (Å²) in [4.78, 5) is 11.0. The van der Waals surface area contributed by atoms with Crippen molar-refractivity contribution in [2.45, 2.75) is 19.3 Å². The van der Waals surface area contributed by atoms with E-state index >= 15 is 0 Å². The van der Waals surface area contributed by atoms with Crippen LogP contribution in [-0.2, 0) is 10.2 Å². The Balaban J connectivity index is 3.32. The number of rotatable bonds is 3. The van der Waals surface area contributed by atoms with Crippen LogP contribution in [0.25, 0.3) is 0 Å². The summed E-state index contributed by atoms with van der Waals surface area (Å²) < 4.78 is 4.92. The number of aliphatic carboxylic acids is 1. The quantitative estimate of drug-likeness (QED) is 0.797. The van der Waals surface area contributed by atoms with E-state index in [1.807, 2.05) is 0 Å². The molecule has 4 heteroatoms. The van der Waals surface area contributed by atoms with Crippen molar-refractivity contribution in [1.82, 2.24) is 0 Å². The van der Waals surface area contributed by atoms with E-state index in [1.165, 1.54) is 21.0 Å². The Kier molecular flexibility index (Phi) is 2.88. The fourth-order valence-electron chi connectivity index (χ4n) is 1.31. The summed E-state index contributed by atoms with van der Waals surface area (Å²) in [6.45, 7) is 3.06. The SMILES string of the molecule is COc1cccc(C(C)(C)C(=O)O)c1O. The van der Waals surface area contributed by atoms with Crippen molar-refractivity contribution in [2.75, 3.05) is 7.11 Å². The highest BCUT2D eigenvalue weighted by Gasteiger charge is 2.32. The van der Waals surface area contributed by atoms with E-state index in [4.69, 9.17) is 9.84 Å². The Bertz CT molecular complexity index is 382. The second-order valence-corrected chi connectivity index (χ2v) is 3.79. The largest absolute Gasteiger partial charge is 0.504 e. The molecule has 0 aliphatic heterocycles. The lowest BCUT2D eigenvalue weighted by molar-refractivity contribution is -0.142. The number of benzene rings is 1. The van der Waals surface area contributed by atoms with Gasteiger partial charge in [-0.05, 0) is 19.9 Å². The fraction of sp³-hybridized carbons (Fsp3) is 0.364. The minimum absolute atomic E-state index is 0.118. The van der Waals surface area contributed by atoms with Gasteiger partial charge in [0.15, 0.2) is 11.5 Å². The third-order valence-corrected chi connectivity index (χ3v) is 2.43. The molecule has 0 heterocycles. The maximum atomic E-state index is 11.0. The van der Waals surface area contributed by atoms with E-state index in [-0.39, 0.29) is 11.5 Å². The summed E-state index contributed by atoms with van der Waals surface area (Å²) in [6, 6.07) is 4.81. The lowest BCUT2D eigenvalue weighted by atomic mass is 9.84.